The molecule has 0 aromatic heterocycles. The summed E-state index contributed by atoms with van der Waals surface area (Å²) in [7, 11) is -3.01. The van der Waals surface area contributed by atoms with Crippen LogP contribution in [0.1, 0.15) is 48.5 Å². The summed E-state index contributed by atoms with van der Waals surface area (Å²) in [4.78, 5) is 7.79. The van der Waals surface area contributed by atoms with E-state index in [9.17, 15) is 0 Å². The van der Waals surface area contributed by atoms with Gasteiger partial charge in [-0.25, -0.2) is 0 Å². The van der Waals surface area contributed by atoms with Crippen LogP contribution in [0, 0.1) is 0 Å². The van der Waals surface area contributed by atoms with Crippen molar-refractivity contribution in [1.82, 2.24) is 14.2 Å². The van der Waals surface area contributed by atoms with Crippen LogP contribution in [0.2, 0.25) is 24.2 Å². The third-order valence-electron chi connectivity index (χ3n) is 4.77. The van der Waals surface area contributed by atoms with Crippen molar-refractivity contribution in [3.05, 3.63) is 0 Å². The molecule has 0 spiro atoms. The van der Waals surface area contributed by atoms with Crippen LogP contribution in [-0.2, 0) is 0 Å². The summed E-state index contributed by atoms with van der Waals surface area (Å²) in [6.07, 6.45) is 0. The van der Waals surface area contributed by atoms with E-state index in [4.69, 9.17) is 0 Å². The van der Waals surface area contributed by atoms with Crippen LogP contribution in [-0.4, -0.2) is 40.7 Å². The van der Waals surface area contributed by atoms with Crippen LogP contribution in [0.25, 0.3) is 0 Å². The van der Waals surface area contributed by atoms with Gasteiger partial charge in [0.2, 0.25) is 0 Å². The standard InChI is InChI=1S/C14H37N3Si2/c1-8-15-19(14-7,16-9-2)17(10-3)18(11-4,12-5)13-6/h15-16H,8-14H2,1-7H3. The molecular formula is C14H37N3Si2. The monoisotopic (exact) mass is 303 g/mol. The van der Waals surface area contributed by atoms with E-state index in [1.54, 1.807) is 0 Å². The van der Waals surface area contributed by atoms with Gasteiger partial charge in [0, 0.05) is 0 Å². The Morgan fingerprint density at radius 1 is 0.684 bits per heavy atom. The molecule has 0 unspecified atom stereocenters. The second-order valence-corrected chi connectivity index (χ2v) is 14.5. The van der Waals surface area contributed by atoms with E-state index < -0.39 is 16.8 Å². The first kappa shape index (κ1) is 19.3. The van der Waals surface area contributed by atoms with Crippen LogP contribution in [0.5, 0.6) is 0 Å². The summed E-state index contributed by atoms with van der Waals surface area (Å²) < 4.78 is 2.95. The quantitative estimate of drug-likeness (QED) is 0.572. The molecule has 0 aliphatic heterocycles. The molecule has 0 rings (SSSR count). The van der Waals surface area contributed by atoms with Gasteiger partial charge >= 0.3 is 0 Å². The predicted octanol–water partition coefficient (Wildman–Crippen LogP) is 3.49. The fourth-order valence-corrected chi connectivity index (χ4v) is 15.6. The average Bonchev–Trinajstić information content (AvgIpc) is 2.44. The highest BCUT2D eigenvalue weighted by atomic mass is 28.4. The molecule has 0 saturated heterocycles. The van der Waals surface area contributed by atoms with Gasteiger partial charge in [-0.15, -0.1) is 0 Å². The summed E-state index contributed by atoms with van der Waals surface area (Å²) in [5.41, 5.74) is 0. The van der Waals surface area contributed by atoms with Crippen LogP contribution >= 0.6 is 0 Å². The van der Waals surface area contributed by atoms with E-state index in [1.807, 2.05) is 0 Å². The zero-order valence-corrected chi connectivity index (χ0v) is 16.4. The fourth-order valence-electron chi connectivity index (χ4n) is 3.61. The molecule has 19 heavy (non-hydrogen) atoms. The Balaban J connectivity index is 5.54. The molecule has 2 N–H and O–H groups in total. The Labute approximate surface area is 123 Å². The Morgan fingerprint density at radius 3 is 1.32 bits per heavy atom. The summed E-state index contributed by atoms with van der Waals surface area (Å²) in [6, 6.07) is 5.37. The highest BCUT2D eigenvalue weighted by Crippen LogP contribution is 2.29. The molecule has 0 atom stereocenters. The smallest absolute Gasteiger partial charge is 0.277 e. The molecule has 0 radical (unpaired) electrons. The zero-order valence-electron chi connectivity index (χ0n) is 14.4. The van der Waals surface area contributed by atoms with E-state index in [2.05, 4.69) is 62.7 Å². The third kappa shape index (κ3) is 4.14. The van der Waals surface area contributed by atoms with Crippen molar-refractivity contribution in [2.75, 3.05) is 19.6 Å². The first-order valence-corrected chi connectivity index (χ1v) is 13.1. The van der Waals surface area contributed by atoms with Crippen LogP contribution < -0.4 is 9.96 Å². The molecule has 3 nitrogen and oxygen atoms in total. The lowest BCUT2D eigenvalue weighted by atomic mass is 10.8. The highest BCUT2D eigenvalue weighted by molar-refractivity contribution is 6.90. The molecule has 5 heteroatoms. The summed E-state index contributed by atoms with van der Waals surface area (Å²) in [5, 5.41) is 0. The summed E-state index contributed by atoms with van der Waals surface area (Å²) in [6.45, 7) is 19.8. The number of hydrogen-bond donors (Lipinski definition) is 2. The van der Waals surface area contributed by atoms with Crippen molar-refractivity contribution in [2.24, 2.45) is 0 Å². The minimum absolute atomic E-state index is 1.07. The predicted molar refractivity (Wildman–Crippen MR) is 93.2 cm³/mol. The Hall–Kier alpha value is 0.314. The van der Waals surface area contributed by atoms with Gasteiger partial charge < -0.3 is 14.2 Å². The molecule has 0 saturated carbocycles. The van der Waals surface area contributed by atoms with Crippen molar-refractivity contribution < 1.29 is 0 Å². The normalized spacial score (nSPS) is 13.3. The topological polar surface area (TPSA) is 27.3 Å². The van der Waals surface area contributed by atoms with Gasteiger partial charge in [-0.1, -0.05) is 48.5 Å². The average molecular weight is 304 g/mol. The lowest BCUT2D eigenvalue weighted by molar-refractivity contribution is 0.562. The molecule has 0 aliphatic carbocycles. The van der Waals surface area contributed by atoms with E-state index in [-0.39, 0.29) is 0 Å². The van der Waals surface area contributed by atoms with E-state index in [0.29, 0.717) is 0 Å². The first-order chi connectivity index (χ1) is 9.06. The summed E-state index contributed by atoms with van der Waals surface area (Å²) in [5.74, 6) is 0. The van der Waals surface area contributed by atoms with E-state index in [1.165, 1.54) is 30.7 Å². The maximum absolute atomic E-state index is 3.89. The van der Waals surface area contributed by atoms with Gasteiger partial charge in [0.25, 0.3) is 8.56 Å². The van der Waals surface area contributed by atoms with Crippen molar-refractivity contribution in [2.45, 2.75) is 72.6 Å². The second kappa shape index (κ2) is 9.29. The van der Waals surface area contributed by atoms with Gasteiger partial charge in [0.05, 0.1) is 0 Å². The molecular weight excluding hydrogens is 266 g/mol. The Bertz CT molecular complexity index is 218. The van der Waals surface area contributed by atoms with Gasteiger partial charge in [0.15, 0.2) is 0 Å². The number of nitrogens with one attached hydrogen (secondary N) is 2. The van der Waals surface area contributed by atoms with Gasteiger partial charge in [-0.05, 0) is 43.8 Å². The first-order valence-electron chi connectivity index (χ1n) is 8.33. The molecule has 0 amide bonds. The van der Waals surface area contributed by atoms with E-state index >= 15 is 0 Å². The summed E-state index contributed by atoms with van der Waals surface area (Å²) >= 11 is 0. The lowest BCUT2D eigenvalue weighted by Crippen LogP contribution is -2.79. The van der Waals surface area contributed by atoms with Crippen LogP contribution in [0.3, 0.4) is 0 Å². The SMILES string of the molecule is CCN[Si](CC)(NCC)N(CC)[Si](CC)(CC)CC. The van der Waals surface area contributed by atoms with Crippen molar-refractivity contribution in [1.29, 1.82) is 0 Å². The van der Waals surface area contributed by atoms with Gasteiger partial charge in [-0.2, -0.15) is 0 Å². The third-order valence-corrected chi connectivity index (χ3v) is 16.9. The lowest BCUT2D eigenvalue weighted by Gasteiger charge is -2.51. The molecule has 0 fully saturated rings. The maximum atomic E-state index is 3.89. The Morgan fingerprint density at radius 2 is 1.11 bits per heavy atom. The fraction of sp³-hybridized carbons (Fsp3) is 1.00. The second-order valence-electron chi connectivity index (χ2n) is 5.30. The van der Waals surface area contributed by atoms with Gasteiger partial charge in [-0.3, -0.25) is 0 Å². The van der Waals surface area contributed by atoms with Crippen molar-refractivity contribution >= 4 is 16.8 Å². The molecule has 0 heterocycles. The van der Waals surface area contributed by atoms with Gasteiger partial charge in [0.1, 0.15) is 8.24 Å². The van der Waals surface area contributed by atoms with Crippen molar-refractivity contribution in [3.63, 3.8) is 0 Å². The minimum Gasteiger partial charge on any atom is -0.321 e. The molecule has 0 aromatic carbocycles. The Kier molecular flexibility index (Phi) is 9.44. The minimum atomic E-state index is -1.70. The van der Waals surface area contributed by atoms with Crippen LogP contribution in [0.4, 0.5) is 0 Å². The molecule has 116 valence electrons. The molecule has 0 bridgehead atoms. The van der Waals surface area contributed by atoms with Crippen LogP contribution in [0.15, 0.2) is 0 Å². The number of hydrogen-bond acceptors (Lipinski definition) is 3. The zero-order chi connectivity index (χ0) is 14.9. The number of nitrogens with zero attached hydrogens (tertiary/aromatic N) is 1. The van der Waals surface area contributed by atoms with E-state index in [0.717, 1.165) is 13.1 Å². The molecule has 0 aliphatic rings. The van der Waals surface area contributed by atoms with Crippen molar-refractivity contribution in [3.8, 4) is 0 Å². The maximum Gasteiger partial charge on any atom is 0.277 e. The molecule has 0 aromatic rings. The highest BCUT2D eigenvalue weighted by Gasteiger charge is 2.47. The largest absolute Gasteiger partial charge is 0.321 e. The number of rotatable bonds is 11.